The number of benzene rings is 10. The summed E-state index contributed by atoms with van der Waals surface area (Å²) in [7, 11) is 0. The summed E-state index contributed by atoms with van der Waals surface area (Å²) in [5, 5.41) is 9.30. The summed E-state index contributed by atoms with van der Waals surface area (Å²) < 4.78 is 13.2. The summed E-state index contributed by atoms with van der Waals surface area (Å²) in [5.41, 5.74) is 18.2. The summed E-state index contributed by atoms with van der Waals surface area (Å²) in [6.45, 7) is 0. The van der Waals surface area contributed by atoms with Crippen LogP contribution in [-0.4, -0.2) is 0 Å². The third-order valence-electron chi connectivity index (χ3n) is 13.4. The molecule has 2 nitrogen and oxygen atoms in total. The van der Waals surface area contributed by atoms with E-state index in [9.17, 15) is 0 Å². The van der Waals surface area contributed by atoms with Crippen LogP contribution in [0.15, 0.2) is 203 Å². The van der Waals surface area contributed by atoms with Crippen LogP contribution < -0.4 is 0 Å². The zero-order valence-corrected chi connectivity index (χ0v) is 31.8. The number of furan rings is 2. The van der Waals surface area contributed by atoms with Crippen LogP contribution in [0.5, 0.6) is 0 Å². The Kier molecular flexibility index (Phi) is 5.99. The second kappa shape index (κ2) is 11.2. The van der Waals surface area contributed by atoms with Gasteiger partial charge in [0.1, 0.15) is 22.3 Å². The lowest BCUT2D eigenvalue weighted by atomic mass is 9.69. The molecule has 2 heteroatoms. The molecule has 10 aromatic carbocycles. The zero-order valence-electron chi connectivity index (χ0n) is 31.8. The molecular formula is C57H32O2. The van der Waals surface area contributed by atoms with Gasteiger partial charge in [0.15, 0.2) is 0 Å². The molecule has 0 bridgehead atoms. The predicted octanol–water partition coefficient (Wildman–Crippen LogP) is 15.5. The zero-order chi connectivity index (χ0) is 38.4. The smallest absolute Gasteiger partial charge is 0.143 e. The average Bonchev–Trinajstić information content (AvgIpc) is 4.03. The van der Waals surface area contributed by atoms with Gasteiger partial charge in [-0.15, -0.1) is 0 Å². The highest BCUT2D eigenvalue weighted by Gasteiger charge is 2.52. The van der Waals surface area contributed by atoms with Crippen LogP contribution in [0.3, 0.4) is 0 Å². The first-order valence-electron chi connectivity index (χ1n) is 20.4. The maximum Gasteiger partial charge on any atom is 0.143 e. The molecule has 0 unspecified atom stereocenters. The van der Waals surface area contributed by atoms with E-state index in [2.05, 4.69) is 188 Å². The molecule has 0 N–H and O–H groups in total. The Morgan fingerprint density at radius 3 is 1.80 bits per heavy atom. The van der Waals surface area contributed by atoms with Crippen molar-refractivity contribution in [2.75, 3.05) is 0 Å². The Morgan fingerprint density at radius 1 is 0.305 bits per heavy atom. The molecular weight excluding hydrogens is 717 g/mol. The van der Waals surface area contributed by atoms with Gasteiger partial charge in [0.2, 0.25) is 0 Å². The van der Waals surface area contributed by atoms with Gasteiger partial charge in [0, 0.05) is 26.9 Å². The molecule has 0 amide bonds. The predicted molar refractivity (Wildman–Crippen MR) is 243 cm³/mol. The van der Waals surface area contributed by atoms with E-state index in [0.717, 1.165) is 66.0 Å². The second-order valence-corrected chi connectivity index (χ2v) is 16.3. The second-order valence-electron chi connectivity index (χ2n) is 16.3. The van der Waals surface area contributed by atoms with E-state index in [-0.39, 0.29) is 0 Å². The standard InChI is InChI=1S/C57H32O2/c1-2-14-35-31-49-46(28-34(35)13-1)54-44(36-25-27-52-45(29-36)42-18-7-10-22-51(42)58-52)30-37(32-50(54)57(49)47-20-8-5-16-40(47)41-17-6-9-21-48(41)57)38-19-11-23-53-55(38)43-26-24-33-12-3-4-15-39(33)56(43)59-53/h1-32H. The summed E-state index contributed by atoms with van der Waals surface area (Å²) >= 11 is 0. The molecule has 0 radical (unpaired) electrons. The van der Waals surface area contributed by atoms with E-state index >= 15 is 0 Å². The Balaban J connectivity index is 1.17. The van der Waals surface area contributed by atoms with Crippen LogP contribution in [0.1, 0.15) is 22.3 Å². The van der Waals surface area contributed by atoms with Gasteiger partial charge >= 0.3 is 0 Å². The highest BCUT2D eigenvalue weighted by atomic mass is 16.3. The number of hydrogen-bond donors (Lipinski definition) is 0. The molecule has 0 aliphatic heterocycles. The number of hydrogen-bond acceptors (Lipinski definition) is 2. The monoisotopic (exact) mass is 748 g/mol. The molecule has 0 saturated carbocycles. The highest BCUT2D eigenvalue weighted by molar-refractivity contribution is 6.19. The van der Waals surface area contributed by atoms with Crippen molar-refractivity contribution in [1.29, 1.82) is 0 Å². The van der Waals surface area contributed by atoms with Crippen molar-refractivity contribution in [1.82, 2.24) is 0 Å². The first-order valence-corrected chi connectivity index (χ1v) is 20.4. The van der Waals surface area contributed by atoms with E-state index in [0.29, 0.717) is 0 Å². The van der Waals surface area contributed by atoms with Crippen molar-refractivity contribution < 1.29 is 8.83 Å². The van der Waals surface area contributed by atoms with Crippen LogP contribution in [0.25, 0.3) is 110 Å². The summed E-state index contributed by atoms with van der Waals surface area (Å²) in [5.74, 6) is 0. The first kappa shape index (κ1) is 31.4. The Hall–Kier alpha value is -7.68. The van der Waals surface area contributed by atoms with Crippen molar-refractivity contribution in [2.45, 2.75) is 5.41 Å². The van der Waals surface area contributed by atoms with Crippen LogP contribution in [-0.2, 0) is 5.41 Å². The van der Waals surface area contributed by atoms with Gasteiger partial charge in [0.05, 0.1) is 5.41 Å². The van der Waals surface area contributed by atoms with Gasteiger partial charge in [-0.1, -0.05) is 140 Å². The van der Waals surface area contributed by atoms with E-state index in [4.69, 9.17) is 8.83 Å². The van der Waals surface area contributed by atoms with Gasteiger partial charge in [0.25, 0.3) is 0 Å². The lowest BCUT2D eigenvalue weighted by Gasteiger charge is -2.31. The van der Waals surface area contributed by atoms with Crippen molar-refractivity contribution in [2.24, 2.45) is 0 Å². The van der Waals surface area contributed by atoms with Crippen LogP contribution in [0, 0.1) is 0 Å². The maximum absolute atomic E-state index is 6.79. The number of rotatable bonds is 2. The minimum absolute atomic E-state index is 0.540. The minimum atomic E-state index is -0.540. The molecule has 1 spiro atoms. The third-order valence-corrected chi connectivity index (χ3v) is 13.4. The molecule has 0 atom stereocenters. The number of fused-ring (bicyclic) bond motifs is 19. The van der Waals surface area contributed by atoms with Gasteiger partial charge in [-0.05, 0) is 138 Å². The van der Waals surface area contributed by atoms with Gasteiger partial charge in [-0.2, -0.15) is 0 Å². The number of para-hydroxylation sites is 1. The van der Waals surface area contributed by atoms with Crippen molar-refractivity contribution in [3.05, 3.63) is 216 Å². The molecule has 0 fully saturated rings. The largest absolute Gasteiger partial charge is 0.456 e. The molecule has 2 aliphatic rings. The lowest BCUT2D eigenvalue weighted by Crippen LogP contribution is -2.26. The molecule has 2 aliphatic carbocycles. The Bertz CT molecular complexity index is 3750. The van der Waals surface area contributed by atoms with Crippen LogP contribution in [0.2, 0.25) is 0 Å². The van der Waals surface area contributed by atoms with E-state index < -0.39 is 5.41 Å². The summed E-state index contributed by atoms with van der Waals surface area (Å²) in [4.78, 5) is 0. The molecule has 2 heterocycles. The fraction of sp³-hybridized carbons (Fsp3) is 0.0175. The SMILES string of the molecule is c1ccc2c(c1)-c1ccccc1C21c2cc3ccccc3cc2-c2c(-c3ccc4oc5ccccc5c4c3)cc(-c3cccc4oc5c6ccccc6ccc5c34)cc21. The summed E-state index contributed by atoms with van der Waals surface area (Å²) in [6.07, 6.45) is 0. The van der Waals surface area contributed by atoms with E-state index in [1.54, 1.807) is 0 Å². The molecule has 2 aromatic heterocycles. The lowest BCUT2D eigenvalue weighted by molar-refractivity contribution is 0.669. The van der Waals surface area contributed by atoms with Gasteiger partial charge < -0.3 is 8.83 Å². The highest BCUT2D eigenvalue weighted by Crippen LogP contribution is 2.65. The minimum Gasteiger partial charge on any atom is -0.456 e. The van der Waals surface area contributed by atoms with Crippen molar-refractivity contribution >= 4 is 65.4 Å². The fourth-order valence-electron chi connectivity index (χ4n) is 11.0. The maximum atomic E-state index is 6.79. The average molecular weight is 749 g/mol. The fourth-order valence-corrected chi connectivity index (χ4v) is 11.0. The molecule has 12 aromatic rings. The topological polar surface area (TPSA) is 26.3 Å². The van der Waals surface area contributed by atoms with Gasteiger partial charge in [-0.25, -0.2) is 0 Å². The molecule has 0 saturated heterocycles. The molecule has 272 valence electrons. The van der Waals surface area contributed by atoms with E-state index in [1.807, 2.05) is 6.07 Å². The Morgan fingerprint density at radius 2 is 0.966 bits per heavy atom. The third kappa shape index (κ3) is 4.00. The van der Waals surface area contributed by atoms with Crippen molar-refractivity contribution in [3.63, 3.8) is 0 Å². The van der Waals surface area contributed by atoms with E-state index in [1.165, 1.54) is 66.2 Å². The van der Waals surface area contributed by atoms with Crippen molar-refractivity contribution in [3.8, 4) is 44.5 Å². The van der Waals surface area contributed by atoms with Gasteiger partial charge in [-0.3, -0.25) is 0 Å². The molecule has 14 rings (SSSR count). The first-order chi connectivity index (χ1) is 29.2. The Labute approximate surface area is 339 Å². The summed E-state index contributed by atoms with van der Waals surface area (Å²) in [6, 6.07) is 71.6. The normalized spacial score (nSPS) is 13.6. The van der Waals surface area contributed by atoms with Crippen LogP contribution in [0.4, 0.5) is 0 Å². The molecule has 59 heavy (non-hydrogen) atoms. The quantitative estimate of drug-likeness (QED) is 0.176. The van der Waals surface area contributed by atoms with Crippen LogP contribution >= 0.6 is 0 Å².